The van der Waals surface area contributed by atoms with Crippen molar-refractivity contribution < 1.29 is 0 Å². The highest BCUT2D eigenvalue weighted by Crippen LogP contribution is 2.27. The third-order valence-corrected chi connectivity index (χ3v) is 4.18. The van der Waals surface area contributed by atoms with Crippen LogP contribution in [0.15, 0.2) is 6.33 Å². The summed E-state index contributed by atoms with van der Waals surface area (Å²) < 4.78 is 1.99. The standard InChI is InChI=1S/C12H21N5/c1-16-9-14-15-12(16)8-13-10-5-7-17-6-3-2-4-11(10)17/h9-11,13H,2-8H2,1H3. The highest BCUT2D eigenvalue weighted by molar-refractivity contribution is 4.95. The summed E-state index contributed by atoms with van der Waals surface area (Å²) in [6.45, 7) is 3.40. The maximum atomic E-state index is 4.12. The number of aryl methyl sites for hydroxylation is 1. The molecular formula is C12H21N5. The Morgan fingerprint density at radius 1 is 1.35 bits per heavy atom. The number of nitrogens with one attached hydrogen (secondary N) is 1. The zero-order valence-electron chi connectivity index (χ0n) is 10.5. The van der Waals surface area contributed by atoms with E-state index in [1.165, 1.54) is 38.8 Å². The van der Waals surface area contributed by atoms with E-state index in [-0.39, 0.29) is 0 Å². The van der Waals surface area contributed by atoms with Crippen LogP contribution in [0.3, 0.4) is 0 Å². The lowest BCUT2D eigenvalue weighted by Crippen LogP contribution is -2.44. The van der Waals surface area contributed by atoms with Crippen molar-refractivity contribution in [3.8, 4) is 0 Å². The molecule has 0 bridgehead atoms. The summed E-state index contributed by atoms with van der Waals surface area (Å²) in [6.07, 6.45) is 7.17. The fourth-order valence-corrected chi connectivity index (χ4v) is 3.17. The van der Waals surface area contributed by atoms with Gasteiger partial charge in [-0.3, -0.25) is 4.90 Å². The molecule has 0 aromatic carbocycles. The third kappa shape index (κ3) is 2.21. The number of hydrogen-bond donors (Lipinski definition) is 1. The molecule has 0 aliphatic carbocycles. The number of piperidine rings is 1. The summed E-state index contributed by atoms with van der Waals surface area (Å²) in [5, 5.41) is 11.7. The Hall–Kier alpha value is -0.940. The van der Waals surface area contributed by atoms with Gasteiger partial charge in [-0.25, -0.2) is 0 Å². The van der Waals surface area contributed by atoms with Gasteiger partial charge in [-0.05, 0) is 25.8 Å². The van der Waals surface area contributed by atoms with Crippen LogP contribution in [-0.4, -0.2) is 44.8 Å². The van der Waals surface area contributed by atoms with Gasteiger partial charge in [0, 0.05) is 25.7 Å². The van der Waals surface area contributed by atoms with Crippen LogP contribution in [0.4, 0.5) is 0 Å². The minimum absolute atomic E-state index is 0.645. The van der Waals surface area contributed by atoms with Gasteiger partial charge >= 0.3 is 0 Å². The predicted octanol–water partition coefficient (Wildman–Crippen LogP) is 0.531. The van der Waals surface area contributed by atoms with Crippen molar-refractivity contribution in [3.63, 3.8) is 0 Å². The molecule has 2 aliphatic heterocycles. The Balaban J connectivity index is 1.57. The molecule has 94 valence electrons. The maximum absolute atomic E-state index is 4.12. The lowest BCUT2D eigenvalue weighted by atomic mass is 9.99. The fourth-order valence-electron chi connectivity index (χ4n) is 3.17. The molecule has 5 nitrogen and oxygen atoms in total. The Morgan fingerprint density at radius 2 is 2.29 bits per heavy atom. The molecule has 1 aromatic rings. The minimum atomic E-state index is 0.645. The summed E-state index contributed by atoms with van der Waals surface area (Å²) in [4.78, 5) is 2.65. The van der Waals surface area contributed by atoms with Crippen molar-refractivity contribution >= 4 is 0 Å². The van der Waals surface area contributed by atoms with Gasteiger partial charge in [0.05, 0.1) is 6.54 Å². The fraction of sp³-hybridized carbons (Fsp3) is 0.833. The lowest BCUT2D eigenvalue weighted by molar-refractivity contribution is 0.180. The monoisotopic (exact) mass is 235 g/mol. The zero-order valence-corrected chi connectivity index (χ0v) is 10.5. The molecule has 0 spiro atoms. The minimum Gasteiger partial charge on any atom is -0.320 e. The number of nitrogens with zero attached hydrogens (tertiary/aromatic N) is 4. The van der Waals surface area contributed by atoms with Crippen LogP contribution in [0, 0.1) is 0 Å². The second-order valence-electron chi connectivity index (χ2n) is 5.23. The normalized spacial score (nSPS) is 29.5. The van der Waals surface area contributed by atoms with E-state index in [4.69, 9.17) is 0 Å². The van der Waals surface area contributed by atoms with Crippen molar-refractivity contribution in [2.24, 2.45) is 7.05 Å². The summed E-state index contributed by atoms with van der Waals surface area (Å²) in [5.74, 6) is 1.03. The van der Waals surface area contributed by atoms with Gasteiger partial charge in [-0.15, -0.1) is 10.2 Å². The van der Waals surface area contributed by atoms with Crippen molar-refractivity contribution in [2.75, 3.05) is 13.1 Å². The van der Waals surface area contributed by atoms with E-state index < -0.39 is 0 Å². The second-order valence-corrected chi connectivity index (χ2v) is 5.23. The smallest absolute Gasteiger partial charge is 0.146 e. The molecule has 2 aliphatic rings. The zero-order chi connectivity index (χ0) is 11.7. The van der Waals surface area contributed by atoms with E-state index >= 15 is 0 Å². The maximum Gasteiger partial charge on any atom is 0.146 e. The molecule has 2 unspecified atom stereocenters. The molecule has 2 saturated heterocycles. The molecule has 0 saturated carbocycles. The van der Waals surface area contributed by atoms with Gasteiger partial charge in [-0.1, -0.05) is 6.42 Å². The topological polar surface area (TPSA) is 46.0 Å². The SMILES string of the molecule is Cn1cnnc1CNC1CCN2CCCCC12. The highest BCUT2D eigenvalue weighted by Gasteiger charge is 2.35. The molecular weight excluding hydrogens is 214 g/mol. The van der Waals surface area contributed by atoms with Crippen LogP contribution in [0.25, 0.3) is 0 Å². The lowest BCUT2D eigenvalue weighted by Gasteiger charge is -2.32. The van der Waals surface area contributed by atoms with E-state index in [1.54, 1.807) is 6.33 Å². The second kappa shape index (κ2) is 4.74. The van der Waals surface area contributed by atoms with Gasteiger partial charge in [0.1, 0.15) is 12.2 Å². The summed E-state index contributed by atoms with van der Waals surface area (Å²) in [5.41, 5.74) is 0. The molecule has 1 aromatic heterocycles. The van der Waals surface area contributed by atoms with Crippen molar-refractivity contribution in [3.05, 3.63) is 12.2 Å². The highest BCUT2D eigenvalue weighted by atomic mass is 15.3. The van der Waals surface area contributed by atoms with Crippen molar-refractivity contribution in [2.45, 2.75) is 44.3 Å². The Bertz CT molecular complexity index is 375. The number of rotatable bonds is 3. The molecule has 2 fully saturated rings. The van der Waals surface area contributed by atoms with E-state index in [1.807, 2.05) is 11.6 Å². The Morgan fingerprint density at radius 3 is 3.12 bits per heavy atom. The van der Waals surface area contributed by atoms with E-state index in [0.717, 1.165) is 18.4 Å². The molecule has 17 heavy (non-hydrogen) atoms. The largest absolute Gasteiger partial charge is 0.320 e. The van der Waals surface area contributed by atoms with E-state index in [9.17, 15) is 0 Å². The van der Waals surface area contributed by atoms with Crippen LogP contribution >= 0.6 is 0 Å². The van der Waals surface area contributed by atoms with Gasteiger partial charge in [0.2, 0.25) is 0 Å². The first-order valence-electron chi connectivity index (χ1n) is 6.65. The first-order chi connectivity index (χ1) is 8.34. The Kier molecular flexibility index (Phi) is 3.11. The Labute approximate surface area is 102 Å². The van der Waals surface area contributed by atoms with Crippen LogP contribution < -0.4 is 5.32 Å². The third-order valence-electron chi connectivity index (χ3n) is 4.18. The molecule has 3 rings (SSSR count). The van der Waals surface area contributed by atoms with Crippen LogP contribution in [0.5, 0.6) is 0 Å². The van der Waals surface area contributed by atoms with Gasteiger partial charge in [-0.2, -0.15) is 0 Å². The number of hydrogen-bond acceptors (Lipinski definition) is 4. The van der Waals surface area contributed by atoms with Crippen LogP contribution in [-0.2, 0) is 13.6 Å². The van der Waals surface area contributed by atoms with Crippen molar-refractivity contribution in [1.29, 1.82) is 0 Å². The average molecular weight is 235 g/mol. The van der Waals surface area contributed by atoms with Gasteiger partial charge < -0.3 is 9.88 Å². The summed E-state index contributed by atoms with van der Waals surface area (Å²) >= 11 is 0. The summed E-state index contributed by atoms with van der Waals surface area (Å²) in [7, 11) is 2.00. The quantitative estimate of drug-likeness (QED) is 0.830. The van der Waals surface area contributed by atoms with Crippen molar-refractivity contribution in [1.82, 2.24) is 25.0 Å². The van der Waals surface area contributed by atoms with Gasteiger partial charge in [0.15, 0.2) is 0 Å². The first-order valence-corrected chi connectivity index (χ1v) is 6.65. The molecule has 0 amide bonds. The van der Waals surface area contributed by atoms with Gasteiger partial charge in [0.25, 0.3) is 0 Å². The van der Waals surface area contributed by atoms with Crippen LogP contribution in [0.2, 0.25) is 0 Å². The molecule has 2 atom stereocenters. The predicted molar refractivity (Wildman–Crippen MR) is 65.5 cm³/mol. The van der Waals surface area contributed by atoms with E-state index in [2.05, 4.69) is 20.4 Å². The number of fused-ring (bicyclic) bond motifs is 1. The molecule has 3 heterocycles. The molecule has 1 N–H and O–H groups in total. The van der Waals surface area contributed by atoms with E-state index in [0.29, 0.717) is 6.04 Å². The number of aromatic nitrogens is 3. The molecule has 0 radical (unpaired) electrons. The first kappa shape index (κ1) is 11.2. The summed E-state index contributed by atoms with van der Waals surface area (Å²) in [6, 6.07) is 1.41. The van der Waals surface area contributed by atoms with Crippen LogP contribution in [0.1, 0.15) is 31.5 Å². The molecule has 5 heteroatoms. The average Bonchev–Trinajstić information content (AvgIpc) is 2.93.